The van der Waals surface area contributed by atoms with Crippen molar-refractivity contribution in [2.45, 2.75) is 31.0 Å². The monoisotopic (exact) mass is 434 g/mol. The van der Waals surface area contributed by atoms with E-state index in [0.717, 1.165) is 16.7 Å². The van der Waals surface area contributed by atoms with Gasteiger partial charge in [-0.1, -0.05) is 24.3 Å². The van der Waals surface area contributed by atoms with Crippen molar-refractivity contribution < 1.29 is 23.0 Å². The van der Waals surface area contributed by atoms with E-state index in [-0.39, 0.29) is 5.82 Å². The highest BCUT2D eigenvalue weighted by Gasteiger charge is 2.34. The van der Waals surface area contributed by atoms with Crippen molar-refractivity contribution in [2.24, 2.45) is 0 Å². The van der Waals surface area contributed by atoms with Crippen LogP contribution in [-0.2, 0) is 22.0 Å². The number of aliphatic hydroxyl groups is 2. The highest BCUT2D eigenvalue weighted by molar-refractivity contribution is 7.92. The van der Waals surface area contributed by atoms with Crippen LogP contribution in [0, 0.1) is 5.82 Å². The van der Waals surface area contributed by atoms with Crippen LogP contribution in [0.3, 0.4) is 0 Å². The van der Waals surface area contributed by atoms with Crippen molar-refractivity contribution >= 4 is 15.7 Å². The van der Waals surface area contributed by atoms with Crippen molar-refractivity contribution in [2.75, 3.05) is 36.7 Å². The first-order valence-corrected chi connectivity index (χ1v) is 12.0. The molecule has 1 saturated heterocycles. The van der Waals surface area contributed by atoms with Crippen molar-refractivity contribution in [1.29, 1.82) is 0 Å². The third-order valence-electron chi connectivity index (χ3n) is 6.24. The fourth-order valence-corrected chi connectivity index (χ4v) is 5.41. The summed E-state index contributed by atoms with van der Waals surface area (Å²) in [7, 11) is -3.29. The zero-order chi connectivity index (χ0) is 21.5. The Balaban J connectivity index is 1.39. The van der Waals surface area contributed by atoms with Crippen LogP contribution in [-0.4, -0.2) is 56.0 Å². The van der Waals surface area contributed by atoms with Crippen molar-refractivity contribution in [3.63, 3.8) is 0 Å². The van der Waals surface area contributed by atoms with E-state index in [1.165, 1.54) is 22.7 Å². The lowest BCUT2D eigenvalue weighted by atomic mass is 9.84. The van der Waals surface area contributed by atoms with E-state index in [9.17, 15) is 23.0 Å². The minimum atomic E-state index is -3.29. The molecule has 30 heavy (non-hydrogen) atoms. The lowest BCUT2D eigenvalue weighted by molar-refractivity contribution is -0.0345. The number of fused-ring (bicyclic) bond motifs is 1. The van der Waals surface area contributed by atoms with Gasteiger partial charge in [0.1, 0.15) is 5.82 Å². The molecule has 1 fully saturated rings. The zero-order valence-electron chi connectivity index (χ0n) is 17.0. The molecule has 2 aliphatic rings. The van der Waals surface area contributed by atoms with Crippen LogP contribution in [0.2, 0.25) is 0 Å². The Morgan fingerprint density at radius 2 is 1.77 bits per heavy atom. The number of sulfonamides is 1. The maximum atomic E-state index is 13.2. The molecule has 162 valence electrons. The van der Waals surface area contributed by atoms with Crippen molar-refractivity contribution in [3.05, 3.63) is 65.0 Å². The SMILES string of the molecule is CS(=O)(=O)N1CCc2cc(C(O)CN3CCC(O)(c4ccc(F)cc4)CC3)ccc21. The fraction of sp³-hybridized carbons (Fsp3) is 0.455. The Morgan fingerprint density at radius 1 is 1.10 bits per heavy atom. The smallest absolute Gasteiger partial charge is 0.232 e. The van der Waals surface area contributed by atoms with Gasteiger partial charge < -0.3 is 15.1 Å². The third kappa shape index (κ3) is 4.23. The van der Waals surface area contributed by atoms with E-state index >= 15 is 0 Å². The van der Waals surface area contributed by atoms with Crippen LogP contribution in [0.5, 0.6) is 0 Å². The minimum Gasteiger partial charge on any atom is -0.387 e. The van der Waals surface area contributed by atoms with Crippen LogP contribution >= 0.6 is 0 Å². The molecule has 0 radical (unpaired) electrons. The predicted molar refractivity (Wildman–Crippen MR) is 113 cm³/mol. The number of hydrogen-bond donors (Lipinski definition) is 2. The van der Waals surface area contributed by atoms with Crippen LogP contribution in [0.25, 0.3) is 0 Å². The summed E-state index contributed by atoms with van der Waals surface area (Å²) in [5.74, 6) is -0.322. The molecule has 2 aromatic rings. The number of rotatable bonds is 5. The number of nitrogens with zero attached hydrogens (tertiary/aromatic N) is 2. The highest BCUT2D eigenvalue weighted by Crippen LogP contribution is 2.35. The molecule has 2 N–H and O–H groups in total. The average molecular weight is 435 g/mol. The largest absolute Gasteiger partial charge is 0.387 e. The number of benzene rings is 2. The molecule has 2 heterocycles. The van der Waals surface area contributed by atoms with E-state index < -0.39 is 21.7 Å². The number of piperidine rings is 1. The first-order valence-electron chi connectivity index (χ1n) is 10.2. The van der Waals surface area contributed by atoms with Gasteiger partial charge in [-0.2, -0.15) is 0 Å². The molecule has 0 saturated carbocycles. The van der Waals surface area contributed by atoms with Crippen molar-refractivity contribution in [3.8, 4) is 0 Å². The lowest BCUT2D eigenvalue weighted by Gasteiger charge is -2.39. The van der Waals surface area contributed by atoms with E-state index in [2.05, 4.69) is 4.90 Å². The van der Waals surface area contributed by atoms with E-state index in [0.29, 0.717) is 51.1 Å². The van der Waals surface area contributed by atoms with Gasteiger partial charge in [-0.3, -0.25) is 4.31 Å². The first kappa shape index (κ1) is 21.2. The second-order valence-corrected chi connectivity index (χ2v) is 10.2. The normalized spacial score (nSPS) is 20.2. The lowest BCUT2D eigenvalue weighted by Crippen LogP contribution is -2.44. The number of β-amino-alcohol motifs (C(OH)–C–C–N with tert-alkyl or cyclic N) is 1. The molecule has 8 heteroatoms. The third-order valence-corrected chi connectivity index (χ3v) is 7.42. The molecule has 2 aliphatic heterocycles. The highest BCUT2D eigenvalue weighted by atomic mass is 32.2. The van der Waals surface area contributed by atoms with Gasteiger partial charge in [0, 0.05) is 26.2 Å². The molecular formula is C22H27FN2O4S. The summed E-state index contributed by atoms with van der Waals surface area (Å²) >= 11 is 0. The summed E-state index contributed by atoms with van der Waals surface area (Å²) in [5, 5.41) is 21.7. The summed E-state index contributed by atoms with van der Waals surface area (Å²) in [4.78, 5) is 2.11. The molecule has 0 aliphatic carbocycles. The minimum absolute atomic E-state index is 0.322. The maximum Gasteiger partial charge on any atom is 0.232 e. The van der Waals surface area contributed by atoms with Gasteiger partial charge >= 0.3 is 0 Å². The molecule has 1 atom stereocenters. The number of likely N-dealkylation sites (tertiary alicyclic amines) is 1. The fourth-order valence-electron chi connectivity index (χ4n) is 4.45. The predicted octanol–water partition coefficient (Wildman–Crippen LogP) is 2.16. The average Bonchev–Trinajstić information content (AvgIpc) is 3.14. The Labute approximate surface area is 176 Å². The Morgan fingerprint density at radius 3 is 2.40 bits per heavy atom. The molecule has 0 spiro atoms. The first-order chi connectivity index (χ1) is 14.2. The quantitative estimate of drug-likeness (QED) is 0.754. The van der Waals surface area contributed by atoms with E-state index in [4.69, 9.17) is 0 Å². The zero-order valence-corrected chi connectivity index (χ0v) is 17.8. The number of halogens is 1. The van der Waals surface area contributed by atoms with Crippen molar-refractivity contribution in [1.82, 2.24) is 4.90 Å². The van der Waals surface area contributed by atoms with Crippen LogP contribution < -0.4 is 4.31 Å². The Kier molecular flexibility index (Phi) is 5.61. The molecule has 0 amide bonds. The Hall–Kier alpha value is -2.00. The van der Waals surface area contributed by atoms with E-state index in [1.807, 2.05) is 6.07 Å². The molecule has 6 nitrogen and oxygen atoms in total. The van der Waals surface area contributed by atoms with Gasteiger partial charge in [-0.25, -0.2) is 12.8 Å². The standard InChI is InChI=1S/C22H27FN2O4S/c1-30(28,29)25-11-8-16-14-17(2-7-20(16)25)21(26)15-24-12-9-22(27,10-13-24)18-3-5-19(23)6-4-18/h2-7,14,21,26-27H,8-13,15H2,1H3. The van der Waals surface area contributed by atoms with Gasteiger partial charge in [0.25, 0.3) is 0 Å². The van der Waals surface area contributed by atoms with Gasteiger partial charge in [-0.05, 0) is 54.2 Å². The summed E-state index contributed by atoms with van der Waals surface area (Å²) in [6.07, 6.45) is 2.17. The van der Waals surface area contributed by atoms with Crippen LogP contribution in [0.4, 0.5) is 10.1 Å². The van der Waals surface area contributed by atoms with Gasteiger partial charge in [0.15, 0.2) is 0 Å². The molecule has 0 aromatic heterocycles. The topological polar surface area (TPSA) is 81.1 Å². The number of hydrogen-bond acceptors (Lipinski definition) is 5. The number of aliphatic hydroxyl groups excluding tert-OH is 1. The van der Waals surface area contributed by atoms with Gasteiger partial charge in [0.05, 0.1) is 23.6 Å². The van der Waals surface area contributed by atoms with Gasteiger partial charge in [0.2, 0.25) is 10.0 Å². The molecule has 4 rings (SSSR count). The van der Waals surface area contributed by atoms with Gasteiger partial charge in [-0.15, -0.1) is 0 Å². The number of anilines is 1. The summed E-state index contributed by atoms with van der Waals surface area (Å²) in [6, 6.07) is 11.4. The second kappa shape index (κ2) is 7.92. The van der Waals surface area contributed by atoms with Crippen LogP contribution in [0.1, 0.15) is 35.6 Å². The van der Waals surface area contributed by atoms with Crippen LogP contribution in [0.15, 0.2) is 42.5 Å². The molecule has 2 aromatic carbocycles. The Bertz CT molecular complexity index is 1020. The summed E-state index contributed by atoms with van der Waals surface area (Å²) in [5.41, 5.74) is 2.14. The second-order valence-electron chi connectivity index (χ2n) is 8.33. The van der Waals surface area contributed by atoms with E-state index in [1.54, 1.807) is 24.3 Å². The summed E-state index contributed by atoms with van der Waals surface area (Å²) in [6.45, 7) is 2.12. The maximum absolute atomic E-state index is 13.2. The summed E-state index contributed by atoms with van der Waals surface area (Å²) < 4.78 is 38.3. The molecular weight excluding hydrogens is 407 g/mol. The molecule has 1 unspecified atom stereocenters. The molecule has 0 bridgehead atoms.